The van der Waals surface area contributed by atoms with Crippen LogP contribution in [0.2, 0.25) is 0 Å². The number of aromatic carboxylic acids is 1. The van der Waals surface area contributed by atoms with Crippen LogP contribution < -0.4 is 10.5 Å². The second-order valence-electron chi connectivity index (χ2n) is 3.98. The first-order chi connectivity index (χ1) is 7.99. The van der Waals surface area contributed by atoms with Crippen LogP contribution >= 0.6 is 0 Å². The summed E-state index contributed by atoms with van der Waals surface area (Å²) in [5.74, 6) is -1.22. The lowest BCUT2D eigenvalue weighted by Crippen LogP contribution is -2.17. The molecule has 88 valence electrons. The van der Waals surface area contributed by atoms with Gasteiger partial charge in [0.15, 0.2) is 0 Å². The normalized spacial score (nSPS) is 10.5. The molecule has 0 amide bonds. The molecule has 0 aliphatic heterocycles. The van der Waals surface area contributed by atoms with Gasteiger partial charge in [-0.1, -0.05) is 6.07 Å². The second-order valence-corrected chi connectivity index (χ2v) is 3.98. The Bertz CT molecular complexity index is 644. The zero-order valence-electron chi connectivity index (χ0n) is 9.52. The quantitative estimate of drug-likeness (QED) is 0.818. The van der Waals surface area contributed by atoms with Crippen LogP contribution in [0, 0.1) is 0 Å². The van der Waals surface area contributed by atoms with Crippen molar-refractivity contribution in [2.75, 3.05) is 19.0 Å². The maximum Gasteiger partial charge on any atom is 0.341 e. The van der Waals surface area contributed by atoms with Crippen molar-refractivity contribution in [2.24, 2.45) is 0 Å². The van der Waals surface area contributed by atoms with E-state index in [4.69, 9.17) is 5.11 Å². The fourth-order valence-electron chi connectivity index (χ4n) is 1.63. The van der Waals surface area contributed by atoms with Gasteiger partial charge in [0, 0.05) is 19.8 Å². The van der Waals surface area contributed by atoms with E-state index in [-0.39, 0.29) is 5.56 Å². The summed E-state index contributed by atoms with van der Waals surface area (Å²) in [4.78, 5) is 26.8. The number of hydrogen-bond acceptors (Lipinski definition) is 3. The number of carboxylic acids is 1. The number of benzene rings is 1. The molecule has 0 atom stereocenters. The van der Waals surface area contributed by atoms with Crippen molar-refractivity contribution in [3.05, 3.63) is 40.2 Å². The molecule has 5 nitrogen and oxygen atoms in total. The number of H-pyrrole nitrogens is 1. The molecule has 0 saturated heterocycles. The van der Waals surface area contributed by atoms with E-state index in [1.54, 1.807) is 6.07 Å². The minimum absolute atomic E-state index is 0.241. The Kier molecular flexibility index (Phi) is 2.59. The van der Waals surface area contributed by atoms with Gasteiger partial charge in [-0.3, -0.25) is 4.79 Å². The Morgan fingerprint density at radius 2 is 2.00 bits per heavy atom. The zero-order chi connectivity index (χ0) is 12.6. The highest BCUT2D eigenvalue weighted by Crippen LogP contribution is 2.18. The van der Waals surface area contributed by atoms with Gasteiger partial charge in [0.05, 0.1) is 5.52 Å². The Hall–Kier alpha value is -2.30. The molecule has 5 heteroatoms. The van der Waals surface area contributed by atoms with Gasteiger partial charge in [0.1, 0.15) is 5.56 Å². The number of nitrogens with zero attached hydrogens (tertiary/aromatic N) is 1. The molecule has 2 rings (SSSR count). The van der Waals surface area contributed by atoms with E-state index in [0.717, 1.165) is 5.69 Å². The van der Waals surface area contributed by atoms with Crippen LogP contribution in [-0.2, 0) is 0 Å². The predicted octanol–water partition coefficient (Wildman–Crippen LogP) is 1.29. The molecule has 1 aromatic heterocycles. The minimum Gasteiger partial charge on any atom is -0.477 e. The van der Waals surface area contributed by atoms with Crippen molar-refractivity contribution in [1.82, 2.24) is 4.98 Å². The van der Waals surface area contributed by atoms with Crippen molar-refractivity contribution in [1.29, 1.82) is 0 Å². The molecule has 0 radical (unpaired) electrons. The SMILES string of the molecule is CN(C)c1ccc2cc(C(=O)O)c(=O)[nH]c2c1. The van der Waals surface area contributed by atoms with Crippen LogP contribution in [0.4, 0.5) is 5.69 Å². The van der Waals surface area contributed by atoms with Crippen LogP contribution in [-0.4, -0.2) is 30.2 Å². The summed E-state index contributed by atoms with van der Waals surface area (Å²) in [5, 5.41) is 9.54. The van der Waals surface area contributed by atoms with Gasteiger partial charge < -0.3 is 15.0 Å². The van der Waals surface area contributed by atoms with Crippen molar-refractivity contribution < 1.29 is 9.90 Å². The standard InChI is InChI=1S/C12H12N2O3/c1-14(2)8-4-3-7-5-9(12(16)17)11(15)13-10(7)6-8/h3-6H,1-2H3,(H,13,15)(H,16,17). The molecule has 0 spiro atoms. The lowest BCUT2D eigenvalue weighted by Gasteiger charge is -2.12. The predicted molar refractivity (Wildman–Crippen MR) is 65.9 cm³/mol. The third-order valence-corrected chi connectivity index (χ3v) is 2.58. The number of rotatable bonds is 2. The molecule has 0 fully saturated rings. The number of carbonyl (C=O) groups is 1. The summed E-state index contributed by atoms with van der Waals surface area (Å²) in [5.41, 5.74) is 0.749. The van der Waals surface area contributed by atoms with Gasteiger partial charge in [-0.2, -0.15) is 0 Å². The highest BCUT2D eigenvalue weighted by atomic mass is 16.4. The molecule has 0 saturated carbocycles. The van der Waals surface area contributed by atoms with E-state index in [9.17, 15) is 9.59 Å². The van der Waals surface area contributed by atoms with E-state index in [1.807, 2.05) is 31.1 Å². The van der Waals surface area contributed by atoms with Crippen LogP contribution in [0.15, 0.2) is 29.1 Å². The number of fused-ring (bicyclic) bond motifs is 1. The summed E-state index contributed by atoms with van der Waals surface area (Å²) in [6.07, 6.45) is 0. The van der Waals surface area contributed by atoms with E-state index in [2.05, 4.69) is 4.98 Å². The molecule has 0 unspecified atom stereocenters. The number of carboxylic acid groups (broad SMARTS) is 1. The first kappa shape index (κ1) is 11.2. The van der Waals surface area contributed by atoms with Gasteiger partial charge in [-0.15, -0.1) is 0 Å². The largest absolute Gasteiger partial charge is 0.477 e. The number of anilines is 1. The van der Waals surface area contributed by atoms with E-state index in [0.29, 0.717) is 10.9 Å². The Morgan fingerprint density at radius 3 is 2.59 bits per heavy atom. The van der Waals surface area contributed by atoms with Gasteiger partial charge in [-0.05, 0) is 23.6 Å². The van der Waals surface area contributed by atoms with Gasteiger partial charge in [0.2, 0.25) is 0 Å². The number of hydrogen-bond donors (Lipinski definition) is 2. The number of aromatic amines is 1. The maximum absolute atomic E-state index is 11.5. The minimum atomic E-state index is -1.22. The average molecular weight is 232 g/mol. The summed E-state index contributed by atoms with van der Waals surface area (Å²) in [6.45, 7) is 0. The molecular formula is C12H12N2O3. The van der Waals surface area contributed by atoms with Crippen molar-refractivity contribution in [3.8, 4) is 0 Å². The summed E-state index contributed by atoms with van der Waals surface area (Å²) < 4.78 is 0. The molecule has 17 heavy (non-hydrogen) atoms. The third-order valence-electron chi connectivity index (χ3n) is 2.58. The first-order valence-electron chi connectivity index (χ1n) is 5.07. The summed E-state index contributed by atoms with van der Waals surface area (Å²) >= 11 is 0. The zero-order valence-corrected chi connectivity index (χ0v) is 9.52. The lowest BCUT2D eigenvalue weighted by molar-refractivity contribution is 0.0695. The Labute approximate surface area is 97.3 Å². The Morgan fingerprint density at radius 1 is 1.29 bits per heavy atom. The highest BCUT2D eigenvalue weighted by molar-refractivity contribution is 5.93. The van der Waals surface area contributed by atoms with Crippen LogP contribution in [0.25, 0.3) is 10.9 Å². The molecule has 0 aliphatic rings. The summed E-state index contributed by atoms with van der Waals surface area (Å²) in [6, 6.07) is 6.84. The molecule has 2 N–H and O–H groups in total. The number of pyridine rings is 1. The topological polar surface area (TPSA) is 73.4 Å². The van der Waals surface area contributed by atoms with Crippen molar-refractivity contribution >= 4 is 22.6 Å². The van der Waals surface area contributed by atoms with E-state index < -0.39 is 11.5 Å². The lowest BCUT2D eigenvalue weighted by atomic mass is 10.1. The van der Waals surface area contributed by atoms with Gasteiger partial charge >= 0.3 is 5.97 Å². The van der Waals surface area contributed by atoms with E-state index >= 15 is 0 Å². The fraction of sp³-hybridized carbons (Fsp3) is 0.167. The fourth-order valence-corrected chi connectivity index (χ4v) is 1.63. The van der Waals surface area contributed by atoms with Crippen LogP contribution in [0.3, 0.4) is 0 Å². The van der Waals surface area contributed by atoms with Crippen molar-refractivity contribution in [2.45, 2.75) is 0 Å². The average Bonchev–Trinajstić information content (AvgIpc) is 2.26. The molecule has 1 heterocycles. The first-order valence-corrected chi connectivity index (χ1v) is 5.07. The van der Waals surface area contributed by atoms with Gasteiger partial charge in [0.25, 0.3) is 5.56 Å². The van der Waals surface area contributed by atoms with Crippen molar-refractivity contribution in [3.63, 3.8) is 0 Å². The molecule has 1 aromatic carbocycles. The monoisotopic (exact) mass is 232 g/mol. The van der Waals surface area contributed by atoms with Crippen LogP contribution in [0.1, 0.15) is 10.4 Å². The number of nitrogens with one attached hydrogen (secondary N) is 1. The molecule has 0 bridgehead atoms. The Balaban J connectivity index is 2.70. The highest BCUT2D eigenvalue weighted by Gasteiger charge is 2.10. The molecule has 2 aromatic rings. The van der Waals surface area contributed by atoms with Gasteiger partial charge in [-0.25, -0.2) is 4.79 Å². The maximum atomic E-state index is 11.5. The second kappa shape index (κ2) is 3.93. The van der Waals surface area contributed by atoms with E-state index in [1.165, 1.54) is 6.07 Å². The summed E-state index contributed by atoms with van der Waals surface area (Å²) in [7, 11) is 3.79. The number of aromatic nitrogens is 1. The van der Waals surface area contributed by atoms with Crippen LogP contribution in [0.5, 0.6) is 0 Å². The third kappa shape index (κ3) is 1.99. The smallest absolute Gasteiger partial charge is 0.341 e. The molecule has 0 aliphatic carbocycles. The molecular weight excluding hydrogens is 220 g/mol.